The van der Waals surface area contributed by atoms with Crippen molar-refractivity contribution in [2.75, 3.05) is 18.4 Å². The highest BCUT2D eigenvalue weighted by atomic mass is 16.2. The summed E-state index contributed by atoms with van der Waals surface area (Å²) in [5.41, 5.74) is 2.03. The molecule has 7 heteroatoms. The van der Waals surface area contributed by atoms with Crippen LogP contribution in [-0.2, 0) is 7.05 Å². The fourth-order valence-corrected chi connectivity index (χ4v) is 3.05. The van der Waals surface area contributed by atoms with Crippen molar-refractivity contribution in [2.24, 2.45) is 7.05 Å². The topological polar surface area (TPSA) is 72.2 Å². The number of urea groups is 1. The molecule has 7 nitrogen and oxygen atoms in total. The number of anilines is 1. The third-order valence-electron chi connectivity index (χ3n) is 4.50. The standard InChI is InChI=1S/C17H23N5O2/c1-12-9-18-22(10-12)14-5-4-7-21(11-14)17(24)19-15-13(2)6-8-20(3)16(15)23/h6,8-10,14H,4-5,7,11H2,1-3H3,(H,19,24). The molecule has 2 aromatic heterocycles. The number of rotatable bonds is 2. The van der Waals surface area contributed by atoms with Gasteiger partial charge in [0.1, 0.15) is 5.69 Å². The molecule has 1 unspecified atom stereocenters. The van der Waals surface area contributed by atoms with E-state index in [1.54, 1.807) is 18.1 Å². The number of pyridine rings is 1. The summed E-state index contributed by atoms with van der Waals surface area (Å²) in [5.74, 6) is 0. The van der Waals surface area contributed by atoms with Crippen molar-refractivity contribution in [3.05, 3.63) is 46.1 Å². The van der Waals surface area contributed by atoms with Crippen molar-refractivity contribution in [1.82, 2.24) is 19.2 Å². The van der Waals surface area contributed by atoms with Crippen LogP contribution in [0.3, 0.4) is 0 Å². The number of piperidine rings is 1. The number of carbonyl (C=O) groups is 1. The van der Waals surface area contributed by atoms with Crippen LogP contribution in [0.25, 0.3) is 0 Å². The van der Waals surface area contributed by atoms with E-state index >= 15 is 0 Å². The van der Waals surface area contributed by atoms with E-state index in [0.29, 0.717) is 18.8 Å². The molecule has 0 bridgehead atoms. The molecule has 0 radical (unpaired) electrons. The summed E-state index contributed by atoms with van der Waals surface area (Å²) in [5, 5.41) is 7.15. The lowest BCUT2D eigenvalue weighted by molar-refractivity contribution is 0.174. The number of likely N-dealkylation sites (tertiary alicyclic amines) is 1. The van der Waals surface area contributed by atoms with Crippen molar-refractivity contribution < 1.29 is 4.79 Å². The van der Waals surface area contributed by atoms with Gasteiger partial charge in [0.2, 0.25) is 0 Å². The Morgan fingerprint density at radius 2 is 2.17 bits per heavy atom. The molecule has 1 saturated heterocycles. The lowest BCUT2D eigenvalue weighted by Crippen LogP contribution is -2.44. The Hall–Kier alpha value is -2.57. The minimum Gasteiger partial charge on any atom is -0.322 e. The molecule has 24 heavy (non-hydrogen) atoms. The van der Waals surface area contributed by atoms with Crippen LogP contribution < -0.4 is 10.9 Å². The monoisotopic (exact) mass is 329 g/mol. The summed E-state index contributed by atoms with van der Waals surface area (Å²) in [6, 6.07) is 1.77. The maximum atomic E-state index is 12.6. The maximum absolute atomic E-state index is 12.6. The normalized spacial score (nSPS) is 17.8. The molecule has 3 heterocycles. The molecule has 128 valence electrons. The van der Waals surface area contributed by atoms with Crippen LogP contribution in [0.1, 0.15) is 30.0 Å². The van der Waals surface area contributed by atoms with Gasteiger partial charge in [-0.1, -0.05) is 0 Å². The molecule has 0 aromatic carbocycles. The summed E-state index contributed by atoms with van der Waals surface area (Å²) >= 11 is 0. The fraction of sp³-hybridized carbons (Fsp3) is 0.471. The molecule has 1 N–H and O–H groups in total. The average Bonchev–Trinajstić information content (AvgIpc) is 3.01. The quantitative estimate of drug-likeness (QED) is 0.917. The number of aryl methyl sites for hydroxylation is 3. The fourth-order valence-electron chi connectivity index (χ4n) is 3.05. The number of aromatic nitrogens is 3. The highest BCUT2D eigenvalue weighted by molar-refractivity contribution is 5.90. The third kappa shape index (κ3) is 3.20. The molecule has 0 aliphatic carbocycles. The Morgan fingerprint density at radius 1 is 1.38 bits per heavy atom. The Balaban J connectivity index is 1.73. The summed E-state index contributed by atoms with van der Waals surface area (Å²) < 4.78 is 3.40. The minimum absolute atomic E-state index is 0.179. The van der Waals surface area contributed by atoms with Crippen LogP contribution in [0.5, 0.6) is 0 Å². The molecule has 1 atom stereocenters. The predicted octanol–water partition coefficient (Wildman–Crippen LogP) is 2.07. The van der Waals surface area contributed by atoms with Crippen molar-refractivity contribution in [3.63, 3.8) is 0 Å². The second kappa shape index (κ2) is 6.51. The van der Waals surface area contributed by atoms with Crippen molar-refractivity contribution in [1.29, 1.82) is 0 Å². The first-order chi connectivity index (χ1) is 11.5. The van der Waals surface area contributed by atoms with Crippen LogP contribution >= 0.6 is 0 Å². The summed E-state index contributed by atoms with van der Waals surface area (Å²) in [7, 11) is 1.68. The van der Waals surface area contributed by atoms with Gasteiger partial charge in [-0.2, -0.15) is 5.10 Å². The Kier molecular flexibility index (Phi) is 4.42. The number of hydrogen-bond acceptors (Lipinski definition) is 3. The molecular formula is C17H23N5O2. The van der Waals surface area contributed by atoms with Gasteiger partial charge in [-0.25, -0.2) is 4.79 Å². The number of amides is 2. The zero-order valence-corrected chi connectivity index (χ0v) is 14.3. The molecule has 1 aliphatic rings. The summed E-state index contributed by atoms with van der Waals surface area (Å²) in [6.07, 6.45) is 7.45. The summed E-state index contributed by atoms with van der Waals surface area (Å²) in [4.78, 5) is 26.6. The first kappa shape index (κ1) is 16.3. The lowest BCUT2D eigenvalue weighted by atomic mass is 10.1. The van der Waals surface area contributed by atoms with Gasteiger partial charge in [-0.05, 0) is 43.9 Å². The van der Waals surface area contributed by atoms with Crippen LogP contribution in [0.15, 0.2) is 29.5 Å². The zero-order valence-electron chi connectivity index (χ0n) is 14.3. The van der Waals surface area contributed by atoms with Crippen LogP contribution in [0.2, 0.25) is 0 Å². The average molecular weight is 329 g/mol. The predicted molar refractivity (Wildman–Crippen MR) is 92.2 cm³/mol. The second-order valence-corrected chi connectivity index (χ2v) is 6.46. The van der Waals surface area contributed by atoms with Gasteiger partial charge in [0.15, 0.2) is 0 Å². The molecular weight excluding hydrogens is 306 g/mol. The Bertz CT molecular complexity index is 808. The lowest BCUT2D eigenvalue weighted by Gasteiger charge is -2.33. The second-order valence-electron chi connectivity index (χ2n) is 6.46. The molecule has 0 spiro atoms. The van der Waals surface area contributed by atoms with Crippen molar-refractivity contribution in [3.8, 4) is 0 Å². The summed E-state index contributed by atoms with van der Waals surface area (Å²) in [6.45, 7) is 5.11. The third-order valence-corrected chi connectivity index (χ3v) is 4.50. The van der Waals surface area contributed by atoms with Gasteiger partial charge < -0.3 is 14.8 Å². The Morgan fingerprint density at radius 3 is 2.88 bits per heavy atom. The van der Waals surface area contributed by atoms with Crippen LogP contribution in [0.4, 0.5) is 10.5 Å². The highest BCUT2D eigenvalue weighted by Crippen LogP contribution is 2.22. The first-order valence-corrected chi connectivity index (χ1v) is 8.18. The number of nitrogens with one attached hydrogen (secondary N) is 1. The van der Waals surface area contributed by atoms with E-state index in [4.69, 9.17) is 0 Å². The molecule has 0 saturated carbocycles. The zero-order chi connectivity index (χ0) is 17.3. The first-order valence-electron chi connectivity index (χ1n) is 8.18. The smallest absolute Gasteiger partial charge is 0.322 e. The van der Waals surface area contributed by atoms with Crippen LogP contribution in [-0.4, -0.2) is 38.4 Å². The molecule has 2 aromatic rings. The largest absolute Gasteiger partial charge is 0.322 e. The van der Waals surface area contributed by atoms with Crippen molar-refractivity contribution in [2.45, 2.75) is 32.7 Å². The minimum atomic E-state index is -0.227. The number of nitrogens with zero attached hydrogens (tertiary/aromatic N) is 4. The molecule has 2 amide bonds. The number of carbonyl (C=O) groups excluding carboxylic acids is 1. The van der Waals surface area contributed by atoms with Gasteiger partial charge in [-0.15, -0.1) is 0 Å². The molecule has 3 rings (SSSR count). The van der Waals surface area contributed by atoms with E-state index < -0.39 is 0 Å². The van der Waals surface area contributed by atoms with E-state index in [2.05, 4.69) is 10.4 Å². The Labute approximate surface area is 140 Å². The molecule has 1 aliphatic heterocycles. The van der Waals surface area contributed by atoms with Gasteiger partial charge in [0.25, 0.3) is 5.56 Å². The van der Waals surface area contributed by atoms with Gasteiger partial charge in [0, 0.05) is 32.5 Å². The van der Waals surface area contributed by atoms with Gasteiger partial charge in [0.05, 0.1) is 12.2 Å². The van der Waals surface area contributed by atoms with E-state index in [9.17, 15) is 9.59 Å². The van der Waals surface area contributed by atoms with Crippen molar-refractivity contribution >= 4 is 11.7 Å². The number of hydrogen-bond donors (Lipinski definition) is 1. The highest BCUT2D eigenvalue weighted by Gasteiger charge is 2.26. The van der Waals surface area contributed by atoms with Gasteiger partial charge in [-0.3, -0.25) is 9.48 Å². The SMILES string of the molecule is Cc1cnn(C2CCCN(C(=O)Nc3c(C)ccn(C)c3=O)C2)c1. The van der Waals surface area contributed by atoms with Gasteiger partial charge >= 0.3 is 6.03 Å². The van der Waals surface area contributed by atoms with Crippen LogP contribution in [0, 0.1) is 13.8 Å². The van der Waals surface area contributed by atoms with E-state index in [1.807, 2.05) is 37.0 Å². The van der Waals surface area contributed by atoms with E-state index in [-0.39, 0.29) is 17.6 Å². The van der Waals surface area contributed by atoms with E-state index in [0.717, 1.165) is 24.0 Å². The maximum Gasteiger partial charge on any atom is 0.322 e. The van der Waals surface area contributed by atoms with E-state index in [1.165, 1.54) is 4.57 Å². The molecule has 1 fully saturated rings.